The lowest BCUT2D eigenvalue weighted by Crippen LogP contribution is -2.37. The first-order valence-corrected chi connectivity index (χ1v) is 19.4. The van der Waals surface area contributed by atoms with Crippen molar-refractivity contribution < 1.29 is 57.4 Å². The topological polar surface area (TPSA) is 256 Å². The number of imide groups is 1. The SMILES string of the molecule is CN.COCc1cc(COC=O)ccc1NC(=O)C1CCCN1C.COc1ccccc1.O=CCNC(=O)CCCCCN1C(=O)C=CC1=O.O=COc1ccc([N+](=O)[O-])cc1. The number of likely N-dealkylation sites (tertiary alicyclic amines) is 1. The molecule has 1 saturated heterocycles. The van der Waals surface area contributed by atoms with E-state index in [4.69, 9.17) is 14.2 Å². The van der Waals surface area contributed by atoms with Crippen LogP contribution in [0.3, 0.4) is 0 Å². The van der Waals surface area contributed by atoms with Gasteiger partial charge in [0.15, 0.2) is 0 Å². The monoisotopic (exact) mass is 864 g/mol. The second-order valence-corrected chi connectivity index (χ2v) is 12.9. The molecule has 1 fully saturated rings. The summed E-state index contributed by atoms with van der Waals surface area (Å²) in [5, 5.41) is 15.6. The number of nitrogens with one attached hydrogen (secondary N) is 2. The van der Waals surface area contributed by atoms with E-state index in [2.05, 4.69) is 26.0 Å². The number of methoxy groups -OCH3 is 2. The predicted molar refractivity (Wildman–Crippen MR) is 229 cm³/mol. The highest BCUT2D eigenvalue weighted by atomic mass is 16.6. The average molecular weight is 865 g/mol. The number of carbonyl (C=O) groups is 7. The number of benzene rings is 3. The molecule has 1 atom stereocenters. The van der Waals surface area contributed by atoms with Gasteiger partial charge in [0.05, 0.1) is 31.2 Å². The summed E-state index contributed by atoms with van der Waals surface area (Å²) >= 11 is 0. The molecule has 0 bridgehead atoms. The number of nitro groups is 1. The Labute approximate surface area is 360 Å². The minimum absolute atomic E-state index is 0.00856. The third-order valence-corrected chi connectivity index (χ3v) is 8.65. The molecule has 19 heteroatoms. The number of aldehydes is 1. The molecule has 4 amide bonds. The van der Waals surface area contributed by atoms with Crippen molar-refractivity contribution in [2.24, 2.45) is 5.73 Å². The van der Waals surface area contributed by atoms with Crippen molar-refractivity contribution in [3.63, 3.8) is 0 Å². The summed E-state index contributed by atoms with van der Waals surface area (Å²) in [6.07, 6.45) is 7.54. The van der Waals surface area contributed by atoms with E-state index in [0.717, 1.165) is 48.4 Å². The Hall–Kier alpha value is -6.83. The molecule has 4 N–H and O–H groups in total. The Kier molecular flexibility index (Phi) is 27.5. The summed E-state index contributed by atoms with van der Waals surface area (Å²) in [5.74, 6) is 0.502. The second-order valence-electron chi connectivity index (χ2n) is 12.9. The highest BCUT2D eigenvalue weighted by Gasteiger charge is 2.28. The van der Waals surface area contributed by atoms with Crippen LogP contribution in [0.1, 0.15) is 49.7 Å². The molecule has 1 unspecified atom stereocenters. The number of ether oxygens (including phenoxy) is 4. The lowest BCUT2D eigenvalue weighted by Gasteiger charge is -2.20. The van der Waals surface area contributed by atoms with Crippen LogP contribution in [0.5, 0.6) is 11.5 Å². The highest BCUT2D eigenvalue weighted by molar-refractivity contribution is 6.12. The largest absolute Gasteiger partial charge is 0.497 e. The summed E-state index contributed by atoms with van der Waals surface area (Å²) in [5.41, 5.74) is 6.92. The fourth-order valence-electron chi connectivity index (χ4n) is 5.61. The van der Waals surface area contributed by atoms with Gasteiger partial charge in [0.1, 0.15) is 24.4 Å². The zero-order valence-electron chi connectivity index (χ0n) is 35.4. The molecule has 0 aliphatic carbocycles. The zero-order valence-corrected chi connectivity index (χ0v) is 35.4. The zero-order chi connectivity index (χ0) is 46.1. The van der Waals surface area contributed by atoms with Crippen molar-refractivity contribution in [3.05, 3.63) is 106 Å². The summed E-state index contributed by atoms with van der Waals surface area (Å²) < 4.78 is 19.3. The third kappa shape index (κ3) is 20.9. The normalized spacial score (nSPS) is 13.5. The van der Waals surface area contributed by atoms with Crippen LogP contribution in [0.2, 0.25) is 0 Å². The number of amides is 4. The molecule has 2 aliphatic heterocycles. The maximum atomic E-state index is 12.4. The second kappa shape index (κ2) is 32.0. The van der Waals surface area contributed by atoms with E-state index >= 15 is 0 Å². The van der Waals surface area contributed by atoms with Crippen LogP contribution in [-0.4, -0.2) is 112 Å². The number of unbranched alkanes of at least 4 members (excludes halogenated alkanes) is 2. The number of non-ortho nitro benzene ring substituents is 1. The van der Waals surface area contributed by atoms with Crippen LogP contribution in [0.4, 0.5) is 11.4 Å². The number of likely N-dealkylation sites (N-methyl/N-ethyl adjacent to an activating group) is 1. The Balaban J connectivity index is 0.000000431. The van der Waals surface area contributed by atoms with E-state index in [1.807, 2.05) is 55.6 Å². The van der Waals surface area contributed by atoms with Gasteiger partial charge in [0.25, 0.3) is 30.4 Å². The van der Waals surface area contributed by atoms with Gasteiger partial charge in [0.2, 0.25) is 11.8 Å². The minimum Gasteiger partial charge on any atom is -0.497 e. The van der Waals surface area contributed by atoms with Gasteiger partial charge in [-0.3, -0.25) is 48.7 Å². The van der Waals surface area contributed by atoms with Crippen molar-refractivity contribution >= 4 is 54.2 Å². The number of rotatable bonds is 19. The fraction of sp³-hybridized carbons (Fsp3) is 0.372. The van der Waals surface area contributed by atoms with Crippen LogP contribution >= 0.6 is 0 Å². The lowest BCUT2D eigenvalue weighted by atomic mass is 10.1. The molecule has 336 valence electrons. The van der Waals surface area contributed by atoms with Crippen molar-refractivity contribution in [1.82, 2.24) is 15.1 Å². The van der Waals surface area contributed by atoms with E-state index in [-0.39, 0.29) is 60.7 Å². The standard InChI is InChI=1S/C16H22N2O4.C12H16N2O4.C7H5NO4.C7H8O.CH5N/c1-18-7-3-4-15(18)16(20)17-14-6-5-12(9-22-11-19)8-13(14)10-21-2;15-9-7-13-10(16)4-2-1-3-8-14-11(17)5-6-12(14)18;9-5-12-7-3-1-6(2-4-7)8(10)11;1-8-7-5-3-2-4-6-7;1-2/h5-6,8,11,15H,3-4,7,9-10H2,1-2H3,(H,17,20);5-6,9H,1-4,7-8H2,(H,13,16);1-5H;2-6H,1H3;2H2,1H3. The highest BCUT2D eigenvalue weighted by Crippen LogP contribution is 2.22. The number of hydrogen-bond donors (Lipinski definition) is 3. The summed E-state index contributed by atoms with van der Waals surface area (Å²) in [4.78, 5) is 88.9. The third-order valence-electron chi connectivity index (χ3n) is 8.65. The smallest absolute Gasteiger partial charge is 0.298 e. The van der Waals surface area contributed by atoms with Crippen LogP contribution in [-0.2, 0) is 56.2 Å². The van der Waals surface area contributed by atoms with Gasteiger partial charge < -0.3 is 40.1 Å². The molecule has 5 rings (SSSR count). The quantitative estimate of drug-likeness (QED) is 0.0510. The molecule has 0 spiro atoms. The summed E-state index contributed by atoms with van der Waals surface area (Å²) in [7, 11) is 6.73. The molecule has 2 heterocycles. The van der Waals surface area contributed by atoms with Crippen LogP contribution in [0.25, 0.3) is 0 Å². The van der Waals surface area contributed by atoms with Crippen molar-refractivity contribution in [1.29, 1.82) is 0 Å². The van der Waals surface area contributed by atoms with Gasteiger partial charge in [-0.15, -0.1) is 0 Å². The maximum Gasteiger partial charge on any atom is 0.298 e. The minimum atomic E-state index is -0.523. The predicted octanol–water partition coefficient (Wildman–Crippen LogP) is 3.73. The van der Waals surface area contributed by atoms with E-state index < -0.39 is 4.92 Å². The van der Waals surface area contributed by atoms with Crippen LogP contribution < -0.4 is 25.8 Å². The maximum absolute atomic E-state index is 12.4. The Morgan fingerprint density at radius 1 is 0.887 bits per heavy atom. The molecule has 0 saturated carbocycles. The van der Waals surface area contributed by atoms with Gasteiger partial charge in [-0.05, 0) is 88.3 Å². The molecule has 3 aromatic rings. The lowest BCUT2D eigenvalue weighted by molar-refractivity contribution is -0.384. The molecular formula is C43H56N6O13. The number of nitro benzene ring substituents is 1. The van der Waals surface area contributed by atoms with E-state index in [0.29, 0.717) is 45.2 Å². The number of para-hydroxylation sites is 1. The molecule has 62 heavy (non-hydrogen) atoms. The Bertz CT molecular complexity index is 1860. The van der Waals surface area contributed by atoms with Gasteiger partial charge in [-0.2, -0.15) is 0 Å². The van der Waals surface area contributed by atoms with Crippen LogP contribution in [0.15, 0.2) is 84.9 Å². The number of nitrogens with two attached hydrogens (primary N) is 1. The molecule has 0 aromatic heterocycles. The van der Waals surface area contributed by atoms with Gasteiger partial charge >= 0.3 is 0 Å². The number of anilines is 1. The number of nitrogens with zero attached hydrogens (tertiary/aromatic N) is 3. The summed E-state index contributed by atoms with van der Waals surface area (Å²) in [6, 6.07) is 20.4. The molecular weight excluding hydrogens is 809 g/mol. The van der Waals surface area contributed by atoms with E-state index in [1.54, 1.807) is 14.2 Å². The number of carbonyl (C=O) groups excluding carboxylic acids is 7. The van der Waals surface area contributed by atoms with Gasteiger partial charge in [-0.1, -0.05) is 30.7 Å². The molecule has 19 nitrogen and oxygen atoms in total. The van der Waals surface area contributed by atoms with Crippen molar-refractivity contribution in [2.45, 2.75) is 57.8 Å². The van der Waals surface area contributed by atoms with Crippen molar-refractivity contribution in [3.8, 4) is 11.5 Å². The fourth-order valence-corrected chi connectivity index (χ4v) is 5.61. The van der Waals surface area contributed by atoms with E-state index in [9.17, 15) is 43.7 Å². The van der Waals surface area contributed by atoms with E-state index in [1.165, 1.54) is 48.4 Å². The van der Waals surface area contributed by atoms with Gasteiger partial charge in [-0.25, -0.2) is 0 Å². The molecule has 0 radical (unpaired) electrons. The first-order valence-electron chi connectivity index (χ1n) is 19.4. The van der Waals surface area contributed by atoms with Crippen LogP contribution in [0, 0.1) is 10.1 Å². The Morgan fingerprint density at radius 2 is 1.56 bits per heavy atom. The summed E-state index contributed by atoms with van der Waals surface area (Å²) in [6.45, 7) is 2.65. The Morgan fingerprint density at radius 3 is 2.10 bits per heavy atom. The van der Waals surface area contributed by atoms with Gasteiger partial charge in [0, 0.05) is 55.6 Å². The first kappa shape index (κ1) is 53.2. The average Bonchev–Trinajstić information content (AvgIpc) is 3.87. The molecule has 2 aliphatic rings. The number of hydrogen-bond acceptors (Lipinski definition) is 15. The first-order chi connectivity index (χ1) is 30.0. The molecule has 3 aromatic carbocycles. The van der Waals surface area contributed by atoms with Crippen molar-refractivity contribution in [2.75, 3.05) is 53.3 Å².